The van der Waals surface area contributed by atoms with Crippen LogP contribution in [-0.2, 0) is 5.41 Å². The van der Waals surface area contributed by atoms with Crippen molar-refractivity contribution >= 4 is 39.0 Å². The summed E-state index contributed by atoms with van der Waals surface area (Å²) in [5, 5.41) is 2.24. The lowest BCUT2D eigenvalue weighted by Crippen LogP contribution is -2.29. The van der Waals surface area contributed by atoms with Gasteiger partial charge in [0.25, 0.3) is 0 Å². The summed E-state index contributed by atoms with van der Waals surface area (Å²) in [7, 11) is 0. The lowest BCUT2D eigenvalue weighted by Gasteiger charge is -2.35. The second-order valence-electron chi connectivity index (χ2n) is 14.8. The Morgan fingerprint density at radius 3 is 1.35 bits per heavy atom. The van der Waals surface area contributed by atoms with Crippen LogP contribution in [0.2, 0.25) is 0 Å². The molecule has 11 rings (SSSR count). The van der Waals surface area contributed by atoms with Gasteiger partial charge in [0.2, 0.25) is 0 Å². The molecule has 1 aliphatic carbocycles. The molecule has 0 N–H and O–H groups in total. The Balaban J connectivity index is 1.22. The highest BCUT2D eigenvalue weighted by Gasteiger charge is 2.47. The van der Waals surface area contributed by atoms with Crippen molar-refractivity contribution in [3.63, 3.8) is 0 Å². The summed E-state index contributed by atoms with van der Waals surface area (Å²) in [6.07, 6.45) is 0. The van der Waals surface area contributed by atoms with E-state index in [0.29, 0.717) is 0 Å². The van der Waals surface area contributed by atoms with Crippen LogP contribution in [0.5, 0.6) is 0 Å². The summed E-state index contributed by atoms with van der Waals surface area (Å²) >= 11 is 0. The molecule has 0 radical (unpaired) electrons. The predicted molar refractivity (Wildman–Crippen MR) is 237 cm³/mol. The average Bonchev–Trinajstić information content (AvgIpc) is 3.82. The minimum absolute atomic E-state index is 0.630. The molecule has 1 aliphatic rings. The minimum atomic E-state index is -0.630. The van der Waals surface area contributed by atoms with E-state index >= 15 is 0 Å². The number of benzene rings is 9. The molecule has 2 nitrogen and oxygen atoms in total. The maximum Gasteiger partial charge on any atom is 0.137 e. The highest BCUT2D eigenvalue weighted by molar-refractivity contribution is 6.10. The fourth-order valence-corrected chi connectivity index (χ4v) is 9.26. The van der Waals surface area contributed by atoms with E-state index in [9.17, 15) is 0 Å². The molecular formula is C55H37NO. The quantitative estimate of drug-likeness (QED) is 0.163. The molecule has 0 bridgehead atoms. The molecule has 9 aromatic carbocycles. The van der Waals surface area contributed by atoms with E-state index < -0.39 is 5.41 Å². The van der Waals surface area contributed by atoms with Crippen molar-refractivity contribution in [1.29, 1.82) is 0 Å². The van der Waals surface area contributed by atoms with E-state index in [1.165, 1.54) is 55.6 Å². The van der Waals surface area contributed by atoms with Gasteiger partial charge in [0.1, 0.15) is 11.2 Å². The van der Waals surface area contributed by atoms with Gasteiger partial charge < -0.3 is 9.32 Å². The van der Waals surface area contributed by atoms with Crippen molar-refractivity contribution in [3.8, 4) is 33.4 Å². The van der Waals surface area contributed by atoms with Gasteiger partial charge in [-0.05, 0) is 92.0 Å². The van der Waals surface area contributed by atoms with Crippen LogP contribution in [-0.4, -0.2) is 0 Å². The molecule has 1 heterocycles. The zero-order valence-electron chi connectivity index (χ0n) is 31.2. The maximum absolute atomic E-state index is 6.90. The first-order valence-electron chi connectivity index (χ1n) is 19.6. The molecular weight excluding hydrogens is 691 g/mol. The van der Waals surface area contributed by atoms with E-state index in [2.05, 4.69) is 229 Å². The van der Waals surface area contributed by atoms with Crippen LogP contribution in [0.3, 0.4) is 0 Å². The van der Waals surface area contributed by atoms with Crippen molar-refractivity contribution in [2.45, 2.75) is 5.41 Å². The molecule has 0 amide bonds. The molecule has 0 spiro atoms. The Hall–Kier alpha value is -7.42. The van der Waals surface area contributed by atoms with Gasteiger partial charge in [-0.25, -0.2) is 0 Å². The third kappa shape index (κ3) is 5.26. The normalized spacial score (nSPS) is 12.7. The second kappa shape index (κ2) is 13.4. The Morgan fingerprint density at radius 2 is 0.789 bits per heavy atom. The van der Waals surface area contributed by atoms with Crippen molar-refractivity contribution in [3.05, 3.63) is 247 Å². The number of nitrogens with zero attached hydrogens (tertiary/aromatic N) is 1. The molecule has 0 saturated heterocycles. The summed E-state index contributed by atoms with van der Waals surface area (Å²) < 4.78 is 6.90. The summed E-state index contributed by atoms with van der Waals surface area (Å²) in [6.45, 7) is 0. The monoisotopic (exact) mass is 727 g/mol. The number of para-hydroxylation sites is 1. The van der Waals surface area contributed by atoms with Crippen molar-refractivity contribution in [1.82, 2.24) is 0 Å². The number of fused-ring (bicyclic) bond motifs is 6. The number of hydrogen-bond acceptors (Lipinski definition) is 2. The summed E-state index contributed by atoms with van der Waals surface area (Å²) in [4.78, 5) is 2.38. The first-order chi connectivity index (χ1) is 28.3. The highest BCUT2D eigenvalue weighted by Crippen LogP contribution is 2.59. The van der Waals surface area contributed by atoms with Gasteiger partial charge >= 0.3 is 0 Å². The molecule has 10 aromatic rings. The molecule has 57 heavy (non-hydrogen) atoms. The van der Waals surface area contributed by atoms with Gasteiger partial charge in [0.05, 0.1) is 11.1 Å². The maximum atomic E-state index is 6.90. The van der Waals surface area contributed by atoms with Gasteiger partial charge in [-0.1, -0.05) is 182 Å². The number of rotatable bonds is 7. The van der Waals surface area contributed by atoms with E-state index in [4.69, 9.17) is 4.42 Å². The smallest absolute Gasteiger partial charge is 0.137 e. The van der Waals surface area contributed by atoms with Crippen LogP contribution in [0.1, 0.15) is 22.3 Å². The Labute approximate surface area is 332 Å². The Kier molecular flexibility index (Phi) is 7.75. The molecule has 0 aliphatic heterocycles. The summed E-state index contributed by atoms with van der Waals surface area (Å²) in [6, 6.07) is 81.1. The second-order valence-corrected chi connectivity index (χ2v) is 14.8. The summed E-state index contributed by atoms with van der Waals surface area (Å²) in [5.74, 6) is 0. The fourth-order valence-electron chi connectivity index (χ4n) is 9.26. The van der Waals surface area contributed by atoms with Gasteiger partial charge in [-0.15, -0.1) is 0 Å². The standard InChI is InChI=1S/C55H37NO/c1-4-16-38(17-5-1)40-28-32-43(33-29-40)56(44-34-30-41(31-35-44)39-18-6-2-7-19-39)45-36-51(54-48-24-12-15-27-52(48)57-53(54)37-45)55(42-20-8-3-9-21-42)49-25-13-10-22-46(49)47-23-11-14-26-50(47)55/h1-37H. The fraction of sp³-hybridized carbons (Fsp3) is 0.0182. The van der Waals surface area contributed by atoms with Crippen LogP contribution >= 0.6 is 0 Å². The topological polar surface area (TPSA) is 16.4 Å². The van der Waals surface area contributed by atoms with Gasteiger partial charge in [-0.2, -0.15) is 0 Å². The Bertz CT molecular complexity index is 2910. The van der Waals surface area contributed by atoms with Crippen LogP contribution in [0.15, 0.2) is 229 Å². The van der Waals surface area contributed by atoms with Crippen LogP contribution < -0.4 is 4.90 Å². The number of anilines is 3. The van der Waals surface area contributed by atoms with Crippen LogP contribution in [0.25, 0.3) is 55.3 Å². The van der Waals surface area contributed by atoms with E-state index in [-0.39, 0.29) is 0 Å². The van der Waals surface area contributed by atoms with Gasteiger partial charge in [0, 0.05) is 28.2 Å². The lowest BCUT2D eigenvalue weighted by atomic mass is 9.66. The molecule has 0 fully saturated rings. The van der Waals surface area contributed by atoms with Crippen LogP contribution in [0, 0.1) is 0 Å². The SMILES string of the molecule is c1ccc(-c2ccc(N(c3ccc(-c4ccccc4)cc3)c3cc(C4(c5ccccc5)c5ccccc5-c5ccccc54)c4c(c3)oc3ccccc34)cc2)cc1. The first-order valence-corrected chi connectivity index (χ1v) is 19.6. The van der Waals surface area contributed by atoms with E-state index in [1.807, 2.05) is 0 Å². The largest absolute Gasteiger partial charge is 0.456 e. The molecule has 0 atom stereocenters. The zero-order chi connectivity index (χ0) is 37.8. The zero-order valence-corrected chi connectivity index (χ0v) is 31.2. The van der Waals surface area contributed by atoms with Crippen LogP contribution in [0.4, 0.5) is 17.1 Å². The third-order valence-corrected chi connectivity index (χ3v) is 11.7. The Morgan fingerprint density at radius 1 is 0.333 bits per heavy atom. The van der Waals surface area contributed by atoms with Crippen molar-refractivity contribution in [2.75, 3.05) is 4.90 Å². The predicted octanol–water partition coefficient (Wildman–Crippen LogP) is 14.8. The molecule has 1 aromatic heterocycles. The van der Waals surface area contributed by atoms with Gasteiger partial charge in [0.15, 0.2) is 0 Å². The molecule has 268 valence electrons. The highest BCUT2D eigenvalue weighted by atomic mass is 16.3. The first kappa shape index (κ1) is 33.0. The lowest BCUT2D eigenvalue weighted by molar-refractivity contribution is 0.667. The number of hydrogen-bond donors (Lipinski definition) is 0. The van der Waals surface area contributed by atoms with Crippen molar-refractivity contribution < 1.29 is 4.42 Å². The summed E-state index contributed by atoms with van der Waals surface area (Å²) in [5.41, 5.74) is 16.4. The minimum Gasteiger partial charge on any atom is -0.456 e. The van der Waals surface area contributed by atoms with E-state index in [0.717, 1.165) is 39.0 Å². The molecule has 2 heteroatoms. The molecule has 0 saturated carbocycles. The van der Waals surface area contributed by atoms with Crippen molar-refractivity contribution in [2.24, 2.45) is 0 Å². The van der Waals surface area contributed by atoms with Gasteiger partial charge in [-0.3, -0.25) is 0 Å². The average molecular weight is 728 g/mol. The number of furan rings is 1. The third-order valence-electron chi connectivity index (χ3n) is 11.7. The molecule has 0 unspecified atom stereocenters. The van der Waals surface area contributed by atoms with E-state index in [1.54, 1.807) is 0 Å².